The van der Waals surface area contributed by atoms with E-state index in [2.05, 4.69) is 6.07 Å². The summed E-state index contributed by atoms with van der Waals surface area (Å²) in [5.41, 5.74) is 0.452. The maximum absolute atomic E-state index is 11.4. The molecule has 14 heavy (non-hydrogen) atoms. The van der Waals surface area contributed by atoms with E-state index in [9.17, 15) is 4.79 Å². The van der Waals surface area contributed by atoms with E-state index in [1.54, 1.807) is 6.07 Å². The summed E-state index contributed by atoms with van der Waals surface area (Å²) in [5, 5.41) is 0. The van der Waals surface area contributed by atoms with E-state index in [0.29, 0.717) is 0 Å². The fourth-order valence-corrected chi connectivity index (χ4v) is 1.07. The molecular weight excluding hydrogens is 176 g/mol. The second-order valence-corrected chi connectivity index (χ2v) is 4.15. The minimum atomic E-state index is -0.411. The van der Waals surface area contributed by atoms with Crippen molar-refractivity contribution in [2.75, 3.05) is 0 Å². The lowest BCUT2D eigenvalue weighted by Crippen LogP contribution is -2.24. The number of esters is 1. The van der Waals surface area contributed by atoms with E-state index in [0.717, 1.165) is 5.56 Å². The van der Waals surface area contributed by atoms with Gasteiger partial charge in [0, 0.05) is 0 Å². The van der Waals surface area contributed by atoms with Crippen molar-refractivity contribution in [1.82, 2.24) is 0 Å². The van der Waals surface area contributed by atoms with Crippen molar-refractivity contribution < 1.29 is 9.53 Å². The highest BCUT2D eigenvalue weighted by Gasteiger charge is 2.16. The Morgan fingerprint density at radius 2 is 2.14 bits per heavy atom. The van der Waals surface area contributed by atoms with Gasteiger partial charge in [0.2, 0.25) is 0 Å². The highest BCUT2D eigenvalue weighted by atomic mass is 16.6. The molecular formula is C12H15O2. The molecule has 0 N–H and O–H groups in total. The highest BCUT2D eigenvalue weighted by Crippen LogP contribution is 2.09. The van der Waals surface area contributed by atoms with Crippen LogP contribution in [0, 0.1) is 6.07 Å². The number of carbonyl (C=O) groups is 1. The smallest absolute Gasteiger partial charge is 0.310 e. The van der Waals surface area contributed by atoms with Gasteiger partial charge in [0.05, 0.1) is 6.42 Å². The van der Waals surface area contributed by atoms with Crippen molar-refractivity contribution in [3.05, 3.63) is 35.9 Å². The Kier molecular flexibility index (Phi) is 3.28. The highest BCUT2D eigenvalue weighted by molar-refractivity contribution is 5.72. The predicted octanol–water partition coefficient (Wildman–Crippen LogP) is 2.37. The van der Waals surface area contributed by atoms with Gasteiger partial charge >= 0.3 is 5.97 Å². The molecule has 1 aromatic carbocycles. The van der Waals surface area contributed by atoms with Gasteiger partial charge in [0.25, 0.3) is 0 Å². The summed E-state index contributed by atoms with van der Waals surface area (Å²) in [6.07, 6.45) is 0.290. The summed E-state index contributed by atoms with van der Waals surface area (Å²) in [5.74, 6) is -0.208. The van der Waals surface area contributed by atoms with Gasteiger partial charge < -0.3 is 4.74 Å². The second kappa shape index (κ2) is 4.27. The first-order chi connectivity index (χ1) is 6.47. The molecule has 0 bridgehead atoms. The maximum Gasteiger partial charge on any atom is 0.310 e. The summed E-state index contributed by atoms with van der Waals surface area (Å²) in [6.45, 7) is 5.58. The Bertz CT molecular complexity index is 296. The van der Waals surface area contributed by atoms with Crippen LogP contribution in [-0.2, 0) is 16.0 Å². The lowest BCUT2D eigenvalue weighted by Gasteiger charge is -2.19. The summed E-state index contributed by atoms with van der Waals surface area (Å²) in [4.78, 5) is 11.4. The van der Waals surface area contributed by atoms with Crippen LogP contribution in [0.25, 0.3) is 0 Å². The molecule has 0 atom stereocenters. The van der Waals surface area contributed by atoms with Gasteiger partial charge in [-0.1, -0.05) is 24.3 Å². The number of hydrogen-bond donors (Lipinski definition) is 0. The predicted molar refractivity (Wildman–Crippen MR) is 54.8 cm³/mol. The molecule has 0 amide bonds. The molecule has 0 aliphatic rings. The second-order valence-electron chi connectivity index (χ2n) is 4.15. The number of ether oxygens (including phenoxy) is 1. The number of benzene rings is 1. The molecule has 0 fully saturated rings. The average molecular weight is 191 g/mol. The van der Waals surface area contributed by atoms with Crippen LogP contribution in [0.5, 0.6) is 0 Å². The average Bonchev–Trinajstić information content (AvgIpc) is 2.02. The molecule has 1 aromatic rings. The van der Waals surface area contributed by atoms with Crippen molar-refractivity contribution in [2.24, 2.45) is 0 Å². The van der Waals surface area contributed by atoms with Crippen LogP contribution in [0.2, 0.25) is 0 Å². The lowest BCUT2D eigenvalue weighted by molar-refractivity contribution is -0.153. The van der Waals surface area contributed by atoms with Crippen LogP contribution < -0.4 is 0 Å². The molecule has 0 unspecified atom stereocenters. The first kappa shape index (κ1) is 10.8. The number of rotatable bonds is 2. The van der Waals surface area contributed by atoms with Crippen molar-refractivity contribution in [3.63, 3.8) is 0 Å². The molecule has 0 saturated carbocycles. The maximum atomic E-state index is 11.4. The minimum absolute atomic E-state index is 0.208. The van der Waals surface area contributed by atoms with Crippen LogP contribution in [0.1, 0.15) is 26.3 Å². The summed E-state index contributed by atoms with van der Waals surface area (Å²) in [7, 11) is 0. The first-order valence-corrected chi connectivity index (χ1v) is 4.65. The Morgan fingerprint density at radius 1 is 1.43 bits per heavy atom. The molecule has 1 radical (unpaired) electrons. The van der Waals surface area contributed by atoms with Gasteiger partial charge in [-0.05, 0) is 32.4 Å². The fraction of sp³-hybridized carbons (Fsp3) is 0.417. The van der Waals surface area contributed by atoms with Gasteiger partial charge in [-0.25, -0.2) is 0 Å². The summed E-state index contributed by atoms with van der Waals surface area (Å²) in [6, 6.07) is 10.4. The van der Waals surface area contributed by atoms with Gasteiger partial charge in [0.1, 0.15) is 5.60 Å². The normalized spacial score (nSPS) is 11.1. The molecule has 0 aliphatic carbocycles. The standard InChI is InChI=1S/C12H15O2/c1-12(2,3)14-11(13)9-10-7-5-4-6-8-10/h4-7H,9H2,1-3H3. The van der Waals surface area contributed by atoms with Crippen LogP contribution in [0.3, 0.4) is 0 Å². The molecule has 0 heterocycles. The monoisotopic (exact) mass is 191 g/mol. The SMILES string of the molecule is CC(C)(C)OC(=O)Cc1[c]cccc1. The fourth-order valence-electron chi connectivity index (χ4n) is 1.07. The van der Waals surface area contributed by atoms with E-state index in [-0.39, 0.29) is 12.4 Å². The Labute approximate surface area is 84.9 Å². The van der Waals surface area contributed by atoms with Crippen LogP contribution in [0.4, 0.5) is 0 Å². The lowest BCUT2D eigenvalue weighted by atomic mass is 10.1. The molecule has 2 nitrogen and oxygen atoms in total. The van der Waals surface area contributed by atoms with E-state index < -0.39 is 5.60 Å². The van der Waals surface area contributed by atoms with Crippen molar-refractivity contribution in [2.45, 2.75) is 32.8 Å². The van der Waals surface area contributed by atoms with E-state index in [1.165, 1.54) is 0 Å². The molecule has 75 valence electrons. The van der Waals surface area contributed by atoms with Crippen molar-refractivity contribution >= 4 is 5.97 Å². The third-order valence-electron chi connectivity index (χ3n) is 1.53. The minimum Gasteiger partial charge on any atom is -0.460 e. The number of hydrogen-bond acceptors (Lipinski definition) is 2. The van der Waals surface area contributed by atoms with Crippen LogP contribution in [0.15, 0.2) is 24.3 Å². The molecule has 2 heteroatoms. The van der Waals surface area contributed by atoms with E-state index in [1.807, 2.05) is 39.0 Å². The third-order valence-corrected chi connectivity index (χ3v) is 1.53. The van der Waals surface area contributed by atoms with Crippen LogP contribution in [-0.4, -0.2) is 11.6 Å². The molecule has 0 aliphatic heterocycles. The molecule has 1 rings (SSSR count). The van der Waals surface area contributed by atoms with Gasteiger partial charge in [-0.15, -0.1) is 0 Å². The van der Waals surface area contributed by atoms with Crippen molar-refractivity contribution in [3.8, 4) is 0 Å². The zero-order valence-corrected chi connectivity index (χ0v) is 8.83. The topological polar surface area (TPSA) is 26.3 Å². The van der Waals surface area contributed by atoms with Gasteiger partial charge in [-0.3, -0.25) is 4.79 Å². The zero-order valence-electron chi connectivity index (χ0n) is 8.83. The first-order valence-electron chi connectivity index (χ1n) is 4.65. The summed E-state index contributed by atoms with van der Waals surface area (Å²) >= 11 is 0. The molecule has 0 aromatic heterocycles. The Balaban J connectivity index is 2.50. The van der Waals surface area contributed by atoms with E-state index in [4.69, 9.17) is 4.74 Å². The van der Waals surface area contributed by atoms with E-state index >= 15 is 0 Å². The molecule has 0 saturated heterocycles. The molecule has 0 spiro atoms. The Hall–Kier alpha value is -1.31. The number of carbonyl (C=O) groups excluding carboxylic acids is 1. The third kappa shape index (κ3) is 4.08. The largest absolute Gasteiger partial charge is 0.460 e. The zero-order chi connectivity index (χ0) is 10.6. The Morgan fingerprint density at radius 3 is 2.64 bits per heavy atom. The van der Waals surface area contributed by atoms with Gasteiger partial charge in [0.15, 0.2) is 0 Å². The summed E-state index contributed by atoms with van der Waals surface area (Å²) < 4.78 is 5.18. The van der Waals surface area contributed by atoms with Crippen LogP contribution >= 0.6 is 0 Å². The van der Waals surface area contributed by atoms with Crippen molar-refractivity contribution in [1.29, 1.82) is 0 Å². The van der Waals surface area contributed by atoms with Gasteiger partial charge in [-0.2, -0.15) is 0 Å². The quantitative estimate of drug-likeness (QED) is 0.671.